The molecule has 0 aliphatic heterocycles. The molecule has 0 radical (unpaired) electrons. The molecule has 0 aromatic carbocycles. The predicted molar refractivity (Wildman–Crippen MR) is 142 cm³/mol. The van der Waals surface area contributed by atoms with Crippen molar-refractivity contribution in [1.82, 2.24) is 0 Å². The van der Waals surface area contributed by atoms with E-state index in [1.54, 1.807) is 28.4 Å². The molecular formula is C24H53NO5P2. The van der Waals surface area contributed by atoms with E-state index in [4.69, 9.17) is 29.4 Å². The molecule has 0 fully saturated rings. The van der Waals surface area contributed by atoms with Gasteiger partial charge >= 0.3 is 0 Å². The van der Waals surface area contributed by atoms with E-state index >= 15 is 0 Å². The van der Waals surface area contributed by atoms with Gasteiger partial charge in [0.25, 0.3) is 0 Å². The molecule has 0 heterocycles. The van der Waals surface area contributed by atoms with E-state index in [-0.39, 0.29) is 15.8 Å². The van der Waals surface area contributed by atoms with Crippen LogP contribution in [0.25, 0.3) is 0 Å². The predicted octanol–water partition coefficient (Wildman–Crippen LogP) is 4.61. The van der Waals surface area contributed by atoms with Gasteiger partial charge in [0.05, 0.1) is 12.7 Å². The maximum Gasteiger partial charge on any atom is 0.0592 e. The molecule has 0 saturated carbocycles. The van der Waals surface area contributed by atoms with Gasteiger partial charge in [0, 0.05) is 61.4 Å². The highest BCUT2D eigenvalue weighted by Crippen LogP contribution is 2.40. The van der Waals surface area contributed by atoms with Crippen LogP contribution in [0.1, 0.15) is 44.9 Å². The molecule has 1 unspecified atom stereocenters. The average molecular weight is 498 g/mol. The molecule has 0 bridgehead atoms. The minimum Gasteiger partial charge on any atom is -0.385 e. The van der Waals surface area contributed by atoms with Crippen molar-refractivity contribution in [3.8, 4) is 0 Å². The second kappa shape index (κ2) is 26.2. The van der Waals surface area contributed by atoms with Crippen LogP contribution in [0, 0.1) is 0 Å². The number of rotatable bonds is 26. The second-order valence-electron chi connectivity index (χ2n) is 8.28. The lowest BCUT2D eigenvalue weighted by Gasteiger charge is -2.24. The van der Waals surface area contributed by atoms with Gasteiger partial charge in [-0.2, -0.15) is 0 Å². The Morgan fingerprint density at radius 3 is 1.34 bits per heavy atom. The third kappa shape index (κ3) is 21.2. The fraction of sp³-hybridized carbons (Fsp3) is 1.00. The zero-order chi connectivity index (χ0) is 23.7. The summed E-state index contributed by atoms with van der Waals surface area (Å²) < 4.78 is 27.3. The average Bonchev–Trinajstić information content (AvgIpc) is 2.80. The van der Waals surface area contributed by atoms with Crippen LogP contribution in [-0.2, 0) is 23.7 Å². The summed E-state index contributed by atoms with van der Waals surface area (Å²) in [5.74, 6) is 0. The van der Waals surface area contributed by atoms with Gasteiger partial charge in [-0.1, -0.05) is 0 Å². The van der Waals surface area contributed by atoms with Crippen LogP contribution < -0.4 is 5.73 Å². The maximum absolute atomic E-state index is 6.18. The Morgan fingerprint density at radius 1 is 0.531 bits per heavy atom. The van der Waals surface area contributed by atoms with Crippen LogP contribution in [0.3, 0.4) is 0 Å². The van der Waals surface area contributed by atoms with Crippen molar-refractivity contribution >= 4 is 15.8 Å². The second-order valence-corrected chi connectivity index (χ2v) is 13.6. The first-order chi connectivity index (χ1) is 15.7. The van der Waals surface area contributed by atoms with Crippen molar-refractivity contribution in [2.24, 2.45) is 5.73 Å². The molecule has 1 atom stereocenters. The van der Waals surface area contributed by atoms with Crippen LogP contribution in [0.4, 0.5) is 0 Å². The molecule has 0 saturated heterocycles. The number of hydrogen-bond acceptors (Lipinski definition) is 6. The molecule has 0 spiro atoms. The summed E-state index contributed by atoms with van der Waals surface area (Å²) in [5, 5.41) is 0. The third-order valence-electron chi connectivity index (χ3n) is 5.53. The Morgan fingerprint density at radius 2 is 0.938 bits per heavy atom. The van der Waals surface area contributed by atoms with Crippen molar-refractivity contribution in [1.29, 1.82) is 0 Å². The molecule has 0 aromatic heterocycles. The van der Waals surface area contributed by atoms with E-state index in [2.05, 4.69) is 0 Å². The number of nitrogens with two attached hydrogens (primary N) is 1. The molecule has 0 aliphatic rings. The summed E-state index contributed by atoms with van der Waals surface area (Å²) in [6.07, 6.45) is 16.4. The van der Waals surface area contributed by atoms with E-state index in [1.807, 2.05) is 0 Å². The van der Waals surface area contributed by atoms with Crippen LogP contribution >= 0.6 is 15.8 Å². The Balaban J connectivity index is 4.53. The Bertz CT molecular complexity index is 349. The standard InChI is InChI=1S/C24H53NO5P2/c1-26-13-6-19-31(20-7-14-27-2)18-5-10-24(30-17-12-25)11-23-32(21-8-15-28-3)22-9-16-29-4/h24H,5-23,25H2,1-4H3. The van der Waals surface area contributed by atoms with Crippen molar-refractivity contribution < 1.29 is 23.7 Å². The van der Waals surface area contributed by atoms with Crippen molar-refractivity contribution in [2.45, 2.75) is 51.0 Å². The summed E-state index contributed by atoms with van der Waals surface area (Å²) in [5.41, 5.74) is 5.74. The zero-order valence-electron chi connectivity index (χ0n) is 21.5. The minimum absolute atomic E-state index is 0.0261. The van der Waals surface area contributed by atoms with Gasteiger partial charge in [0.2, 0.25) is 0 Å². The highest BCUT2D eigenvalue weighted by molar-refractivity contribution is 7.57. The molecule has 8 heteroatoms. The lowest BCUT2D eigenvalue weighted by atomic mass is 10.1. The van der Waals surface area contributed by atoms with E-state index in [0.29, 0.717) is 19.3 Å². The molecule has 32 heavy (non-hydrogen) atoms. The van der Waals surface area contributed by atoms with E-state index in [0.717, 1.165) is 52.1 Å². The molecule has 0 rings (SSSR count). The van der Waals surface area contributed by atoms with Crippen LogP contribution in [0.15, 0.2) is 0 Å². The van der Waals surface area contributed by atoms with E-state index in [9.17, 15) is 0 Å². The summed E-state index contributed by atoms with van der Waals surface area (Å²) in [6.45, 7) is 4.76. The lowest BCUT2D eigenvalue weighted by Crippen LogP contribution is -2.20. The highest BCUT2D eigenvalue weighted by Gasteiger charge is 2.15. The largest absolute Gasteiger partial charge is 0.385 e. The van der Waals surface area contributed by atoms with E-state index in [1.165, 1.54) is 56.2 Å². The molecule has 0 aromatic rings. The van der Waals surface area contributed by atoms with Gasteiger partial charge in [-0.25, -0.2) is 0 Å². The minimum atomic E-state index is 0.0261. The monoisotopic (exact) mass is 497 g/mol. The summed E-state index contributed by atoms with van der Waals surface area (Å²) in [7, 11) is 7.28. The van der Waals surface area contributed by atoms with Crippen LogP contribution in [0.2, 0.25) is 0 Å². The quantitative estimate of drug-likeness (QED) is 0.139. The van der Waals surface area contributed by atoms with Crippen LogP contribution in [-0.4, -0.2) is 111 Å². The smallest absolute Gasteiger partial charge is 0.0592 e. The first-order valence-corrected chi connectivity index (χ1v) is 16.2. The van der Waals surface area contributed by atoms with Gasteiger partial charge in [-0.05, 0) is 81.9 Å². The molecule has 6 nitrogen and oxygen atoms in total. The summed E-state index contributed by atoms with van der Waals surface area (Å²) >= 11 is 0. The van der Waals surface area contributed by atoms with Crippen molar-refractivity contribution in [2.75, 3.05) is 105 Å². The molecule has 0 amide bonds. The lowest BCUT2D eigenvalue weighted by molar-refractivity contribution is 0.0506. The molecule has 2 N–H and O–H groups in total. The summed E-state index contributed by atoms with van der Waals surface area (Å²) in [6, 6.07) is 0. The van der Waals surface area contributed by atoms with Gasteiger partial charge in [0.1, 0.15) is 0 Å². The first kappa shape index (κ1) is 32.6. The summed E-state index contributed by atoms with van der Waals surface area (Å²) in [4.78, 5) is 0. The Kier molecular flexibility index (Phi) is 26.7. The zero-order valence-corrected chi connectivity index (χ0v) is 23.3. The van der Waals surface area contributed by atoms with E-state index < -0.39 is 0 Å². The molecule has 0 aliphatic carbocycles. The normalized spacial score (nSPS) is 12.8. The fourth-order valence-corrected chi connectivity index (χ4v) is 8.75. The molecular weight excluding hydrogens is 444 g/mol. The molecule has 194 valence electrons. The third-order valence-corrected chi connectivity index (χ3v) is 11.2. The number of hydrogen-bond donors (Lipinski definition) is 1. The number of ether oxygens (including phenoxy) is 5. The van der Waals surface area contributed by atoms with Gasteiger partial charge in [-0.3, -0.25) is 0 Å². The topological polar surface area (TPSA) is 72.2 Å². The van der Waals surface area contributed by atoms with Crippen molar-refractivity contribution in [3.05, 3.63) is 0 Å². The van der Waals surface area contributed by atoms with Crippen LogP contribution in [0.5, 0.6) is 0 Å². The van der Waals surface area contributed by atoms with Gasteiger partial charge < -0.3 is 29.4 Å². The number of methoxy groups -OCH3 is 4. The maximum atomic E-state index is 6.18. The SMILES string of the molecule is COCCCP(CCCOC)CCCC(CCP(CCCOC)CCCOC)OCCN. The fourth-order valence-electron chi connectivity index (χ4n) is 3.82. The van der Waals surface area contributed by atoms with Gasteiger partial charge in [-0.15, -0.1) is 15.8 Å². The van der Waals surface area contributed by atoms with Crippen molar-refractivity contribution in [3.63, 3.8) is 0 Å². The Labute approximate surface area is 201 Å². The highest BCUT2D eigenvalue weighted by atomic mass is 31.1. The van der Waals surface area contributed by atoms with Gasteiger partial charge in [0.15, 0.2) is 0 Å². The Hall–Kier alpha value is 0.620. The first-order valence-electron chi connectivity index (χ1n) is 12.4.